The number of nitrogens with zero attached hydrogens (tertiary/aromatic N) is 1. The van der Waals surface area contributed by atoms with Gasteiger partial charge in [-0.25, -0.2) is 4.57 Å². The third-order valence-electron chi connectivity index (χ3n) is 1.31. The maximum atomic E-state index is 2.08. The summed E-state index contributed by atoms with van der Waals surface area (Å²) in [4.78, 5) is 0. The first kappa shape index (κ1) is 9.25. The van der Waals surface area contributed by atoms with Crippen LogP contribution in [-0.2, 0) is 39.8 Å². The van der Waals surface area contributed by atoms with Gasteiger partial charge in [0, 0.05) is 51.8 Å². The summed E-state index contributed by atoms with van der Waals surface area (Å²) < 4.78 is 2.08. The van der Waals surface area contributed by atoms with Crippen LogP contribution in [0, 0.1) is 6.92 Å². The van der Waals surface area contributed by atoms with E-state index in [4.69, 9.17) is 0 Å². The molecule has 0 saturated carbocycles. The van der Waals surface area contributed by atoms with Crippen molar-refractivity contribution in [2.24, 2.45) is 7.05 Å². The summed E-state index contributed by atoms with van der Waals surface area (Å²) in [5.41, 5.74) is 1.28. The van der Waals surface area contributed by atoms with Crippen molar-refractivity contribution in [1.82, 2.24) is 0 Å². The molecule has 1 rings (SSSR count). The van der Waals surface area contributed by atoms with Crippen LogP contribution < -0.4 is 4.57 Å². The van der Waals surface area contributed by atoms with E-state index in [2.05, 4.69) is 17.6 Å². The topological polar surface area (TPSA) is 3.88 Å². The van der Waals surface area contributed by atoms with Gasteiger partial charge in [0.1, 0.15) is 7.05 Å². The maximum Gasteiger partial charge on any atom is 0.177 e. The fourth-order valence-electron chi connectivity index (χ4n) is 0.609. The average molecular weight is 197 g/mol. The Bertz CT molecular complexity index is 165. The number of aromatic nitrogens is 1. The number of rotatable bonds is 0. The van der Waals surface area contributed by atoms with Crippen molar-refractivity contribution in [1.29, 1.82) is 0 Å². The van der Waals surface area contributed by atoms with Crippen LogP contribution in [0.5, 0.6) is 0 Å². The molecule has 0 aliphatic heterocycles. The molecule has 0 amide bonds. The largest absolute Gasteiger partial charge is 0.205 e. The SMILES string of the molecule is Cc1cccc[n+]1C.[Y]. The molecule has 0 spiro atoms. The van der Waals surface area contributed by atoms with Gasteiger partial charge in [0.05, 0.1) is 0 Å². The molecule has 0 aliphatic rings. The fraction of sp³-hybridized carbons (Fsp3) is 0.286. The van der Waals surface area contributed by atoms with E-state index in [0.717, 1.165) is 0 Å². The molecule has 1 heterocycles. The van der Waals surface area contributed by atoms with Crippen molar-refractivity contribution >= 4 is 0 Å². The number of pyridine rings is 1. The van der Waals surface area contributed by atoms with Crippen molar-refractivity contribution in [2.45, 2.75) is 6.92 Å². The van der Waals surface area contributed by atoms with Crippen LogP contribution in [0.2, 0.25) is 0 Å². The first-order valence-corrected chi connectivity index (χ1v) is 2.72. The molecule has 1 nitrogen and oxygen atoms in total. The van der Waals surface area contributed by atoms with Crippen molar-refractivity contribution in [3.05, 3.63) is 30.1 Å². The van der Waals surface area contributed by atoms with Gasteiger partial charge in [0.2, 0.25) is 0 Å². The van der Waals surface area contributed by atoms with Gasteiger partial charge in [-0.15, -0.1) is 0 Å². The maximum absolute atomic E-state index is 2.08. The molecular weight excluding hydrogens is 187 g/mol. The molecule has 45 valence electrons. The molecule has 1 aromatic heterocycles. The zero-order chi connectivity index (χ0) is 5.98. The third kappa shape index (κ3) is 2.55. The minimum Gasteiger partial charge on any atom is -0.205 e. The summed E-state index contributed by atoms with van der Waals surface area (Å²) in [6.07, 6.45) is 2.04. The first-order chi connectivity index (χ1) is 3.80. The Morgan fingerprint density at radius 2 is 2.00 bits per heavy atom. The Morgan fingerprint density at radius 1 is 1.33 bits per heavy atom. The number of aryl methyl sites for hydroxylation is 2. The Kier molecular flexibility index (Phi) is 4.25. The van der Waals surface area contributed by atoms with Crippen molar-refractivity contribution in [3.63, 3.8) is 0 Å². The molecule has 0 saturated heterocycles. The third-order valence-corrected chi connectivity index (χ3v) is 1.31. The summed E-state index contributed by atoms with van der Waals surface area (Å²) in [6.45, 7) is 2.08. The molecule has 1 radical (unpaired) electrons. The van der Waals surface area contributed by atoms with Crippen LogP contribution in [0.3, 0.4) is 0 Å². The monoisotopic (exact) mass is 197 g/mol. The molecule has 0 bridgehead atoms. The average Bonchev–Trinajstić information content (AvgIpc) is 1.77. The van der Waals surface area contributed by atoms with E-state index in [0.29, 0.717) is 0 Å². The summed E-state index contributed by atoms with van der Waals surface area (Å²) in [6, 6.07) is 6.14. The Balaban J connectivity index is 0.000000640. The second-order valence-corrected chi connectivity index (χ2v) is 1.95. The summed E-state index contributed by atoms with van der Waals surface area (Å²) in [5, 5.41) is 0. The number of hydrogen-bond acceptors (Lipinski definition) is 0. The van der Waals surface area contributed by atoms with E-state index in [9.17, 15) is 0 Å². The van der Waals surface area contributed by atoms with E-state index in [1.807, 2.05) is 25.4 Å². The Hall–Kier alpha value is 0.254. The molecule has 0 N–H and O–H groups in total. The van der Waals surface area contributed by atoms with Gasteiger partial charge in [-0.2, -0.15) is 0 Å². The zero-order valence-corrected chi connectivity index (χ0v) is 8.67. The first-order valence-electron chi connectivity index (χ1n) is 2.72. The van der Waals surface area contributed by atoms with Gasteiger partial charge in [-0.3, -0.25) is 0 Å². The quantitative estimate of drug-likeness (QED) is 0.542. The van der Waals surface area contributed by atoms with E-state index in [1.54, 1.807) is 0 Å². The van der Waals surface area contributed by atoms with Crippen LogP contribution in [0.1, 0.15) is 5.69 Å². The molecule has 0 atom stereocenters. The Labute approximate surface area is 81.0 Å². The summed E-state index contributed by atoms with van der Waals surface area (Å²) >= 11 is 0. The van der Waals surface area contributed by atoms with Crippen LogP contribution in [0.25, 0.3) is 0 Å². The van der Waals surface area contributed by atoms with E-state index < -0.39 is 0 Å². The van der Waals surface area contributed by atoms with Gasteiger partial charge in [0.25, 0.3) is 0 Å². The zero-order valence-electron chi connectivity index (χ0n) is 5.83. The van der Waals surface area contributed by atoms with Crippen LogP contribution in [-0.4, -0.2) is 0 Å². The van der Waals surface area contributed by atoms with E-state index in [-0.39, 0.29) is 32.7 Å². The molecule has 2 heteroatoms. The Morgan fingerprint density at radius 3 is 2.33 bits per heavy atom. The van der Waals surface area contributed by atoms with Crippen molar-refractivity contribution in [2.75, 3.05) is 0 Å². The van der Waals surface area contributed by atoms with Gasteiger partial charge in [-0.1, -0.05) is 6.07 Å². The molecule has 0 fully saturated rings. The predicted molar refractivity (Wildman–Crippen MR) is 32.4 cm³/mol. The minimum absolute atomic E-state index is 0. The molecule has 0 aromatic carbocycles. The van der Waals surface area contributed by atoms with Gasteiger partial charge in [0.15, 0.2) is 11.9 Å². The van der Waals surface area contributed by atoms with Crippen LogP contribution >= 0.6 is 0 Å². The van der Waals surface area contributed by atoms with Gasteiger partial charge >= 0.3 is 0 Å². The minimum atomic E-state index is 0. The van der Waals surface area contributed by atoms with Crippen LogP contribution in [0.15, 0.2) is 24.4 Å². The summed E-state index contributed by atoms with van der Waals surface area (Å²) in [5.74, 6) is 0. The van der Waals surface area contributed by atoms with Gasteiger partial charge in [-0.05, 0) is 0 Å². The molecule has 1 aromatic rings. The molecular formula is C7H10NY+. The standard InChI is InChI=1S/C7H10N.Y/c1-7-5-3-4-6-8(7)2;/h3-6H,1-2H3;/q+1;. The van der Waals surface area contributed by atoms with E-state index in [1.165, 1.54) is 5.69 Å². The molecule has 0 aliphatic carbocycles. The molecule has 9 heavy (non-hydrogen) atoms. The predicted octanol–water partition coefficient (Wildman–Crippen LogP) is 0.817. The van der Waals surface area contributed by atoms with Gasteiger partial charge < -0.3 is 0 Å². The van der Waals surface area contributed by atoms with Crippen molar-refractivity contribution < 1.29 is 37.3 Å². The van der Waals surface area contributed by atoms with E-state index >= 15 is 0 Å². The number of hydrogen-bond donors (Lipinski definition) is 0. The van der Waals surface area contributed by atoms with Crippen molar-refractivity contribution in [3.8, 4) is 0 Å². The normalized spacial score (nSPS) is 8.22. The molecule has 0 unspecified atom stereocenters. The second-order valence-electron chi connectivity index (χ2n) is 1.95. The fourth-order valence-corrected chi connectivity index (χ4v) is 0.609. The smallest absolute Gasteiger partial charge is 0.177 e. The summed E-state index contributed by atoms with van der Waals surface area (Å²) in [7, 11) is 2.04. The second kappa shape index (κ2) is 4.13. The van der Waals surface area contributed by atoms with Crippen LogP contribution in [0.4, 0.5) is 0 Å².